The zero-order chi connectivity index (χ0) is 20.1. The van der Waals surface area contributed by atoms with E-state index in [1.807, 2.05) is 0 Å². The molecule has 0 aliphatic rings. The monoisotopic (exact) mass is 366 g/mol. The summed E-state index contributed by atoms with van der Waals surface area (Å²) in [5, 5.41) is 7.43. The molecule has 2 aromatic carbocycles. The highest BCUT2D eigenvalue weighted by atomic mass is 15.1. The molecule has 0 atom stereocenters. The molecule has 0 aliphatic carbocycles. The Balaban J connectivity index is 2.30. The molecule has 2 N–H and O–H groups in total. The summed E-state index contributed by atoms with van der Waals surface area (Å²) in [6.45, 7) is 18.9. The Bertz CT molecular complexity index is 626. The van der Waals surface area contributed by atoms with Crippen LogP contribution in [0.15, 0.2) is 36.4 Å². The molecule has 0 fully saturated rings. The van der Waals surface area contributed by atoms with E-state index in [4.69, 9.17) is 0 Å². The van der Waals surface area contributed by atoms with Gasteiger partial charge in [-0.05, 0) is 45.9 Å². The Morgan fingerprint density at radius 3 is 1.00 bits per heavy atom. The third-order valence-corrected chi connectivity index (χ3v) is 5.28. The van der Waals surface area contributed by atoms with Gasteiger partial charge in [0.2, 0.25) is 0 Å². The topological polar surface area (TPSA) is 24.1 Å². The van der Waals surface area contributed by atoms with Gasteiger partial charge in [0, 0.05) is 11.4 Å². The molecule has 2 aromatic rings. The fourth-order valence-electron chi connectivity index (χ4n) is 3.73. The molecule has 0 heterocycles. The van der Waals surface area contributed by atoms with Gasteiger partial charge >= 0.3 is 0 Å². The highest BCUT2D eigenvalue weighted by molar-refractivity contribution is 5.63. The molecule has 2 rings (SSSR count). The molecule has 0 radical (unpaired) electrons. The second kappa shape index (κ2) is 9.30. The van der Waals surface area contributed by atoms with Crippen molar-refractivity contribution in [1.29, 1.82) is 0 Å². The Morgan fingerprint density at radius 1 is 0.519 bits per heavy atom. The standard InChI is InChI=1S/C25H38N2/c1-16(2)20-11-9-12-21(17(3)4)24(20)26-15-27-25-22(18(5)6)13-10-14-23(25)19(7)8/h9-14,16-19,26-27H,15H2,1-8H3. The zero-order valence-corrected chi connectivity index (χ0v) is 18.5. The van der Waals surface area contributed by atoms with Gasteiger partial charge in [0.25, 0.3) is 0 Å². The van der Waals surface area contributed by atoms with Gasteiger partial charge in [-0.25, -0.2) is 0 Å². The lowest BCUT2D eigenvalue weighted by molar-refractivity contribution is 0.829. The predicted molar refractivity (Wildman–Crippen MR) is 121 cm³/mol. The highest BCUT2D eigenvalue weighted by Gasteiger charge is 2.15. The van der Waals surface area contributed by atoms with Crippen LogP contribution in [-0.4, -0.2) is 6.67 Å². The summed E-state index contributed by atoms with van der Waals surface area (Å²) in [4.78, 5) is 0. The van der Waals surface area contributed by atoms with Gasteiger partial charge in [-0.15, -0.1) is 0 Å². The van der Waals surface area contributed by atoms with Gasteiger partial charge in [0.05, 0.1) is 6.67 Å². The van der Waals surface area contributed by atoms with Crippen molar-refractivity contribution >= 4 is 11.4 Å². The van der Waals surface area contributed by atoms with Crippen molar-refractivity contribution in [3.8, 4) is 0 Å². The summed E-state index contributed by atoms with van der Waals surface area (Å²) in [6, 6.07) is 13.4. The minimum atomic E-state index is 0.500. The molecule has 27 heavy (non-hydrogen) atoms. The number of para-hydroxylation sites is 2. The van der Waals surface area contributed by atoms with Crippen LogP contribution in [0.25, 0.3) is 0 Å². The van der Waals surface area contributed by atoms with Crippen molar-refractivity contribution in [3.63, 3.8) is 0 Å². The number of rotatable bonds is 8. The molecular formula is C25H38N2. The first-order valence-electron chi connectivity index (χ1n) is 10.5. The molecular weight excluding hydrogens is 328 g/mol. The van der Waals surface area contributed by atoms with Crippen LogP contribution in [0.4, 0.5) is 11.4 Å². The van der Waals surface area contributed by atoms with Gasteiger partial charge in [-0.3, -0.25) is 0 Å². The maximum Gasteiger partial charge on any atom is 0.0849 e. The van der Waals surface area contributed by atoms with Crippen LogP contribution >= 0.6 is 0 Å². The molecule has 0 bridgehead atoms. The quantitative estimate of drug-likeness (QED) is 0.468. The number of hydrogen-bond donors (Lipinski definition) is 2. The van der Waals surface area contributed by atoms with Crippen LogP contribution in [0.3, 0.4) is 0 Å². The first-order chi connectivity index (χ1) is 12.7. The molecule has 0 saturated heterocycles. The summed E-state index contributed by atoms with van der Waals surface area (Å²) in [5.74, 6) is 2.00. The molecule has 0 aliphatic heterocycles. The minimum Gasteiger partial charge on any atom is -0.367 e. The third kappa shape index (κ3) is 5.06. The molecule has 148 valence electrons. The third-order valence-electron chi connectivity index (χ3n) is 5.28. The molecule has 0 spiro atoms. The Kier molecular flexibility index (Phi) is 7.35. The highest BCUT2D eigenvalue weighted by Crippen LogP contribution is 2.34. The van der Waals surface area contributed by atoms with Crippen LogP contribution in [-0.2, 0) is 0 Å². The first-order valence-corrected chi connectivity index (χ1v) is 10.5. The zero-order valence-electron chi connectivity index (χ0n) is 18.5. The van der Waals surface area contributed by atoms with Crippen LogP contribution in [0.5, 0.6) is 0 Å². The molecule has 0 saturated carbocycles. The first kappa shape index (κ1) is 21.3. The maximum absolute atomic E-state index is 3.71. The van der Waals surface area contributed by atoms with Crippen LogP contribution in [0, 0.1) is 0 Å². The molecule has 0 aromatic heterocycles. The molecule has 0 amide bonds. The SMILES string of the molecule is CC(C)c1cccc(C(C)C)c1NCNc1c(C(C)C)cccc1C(C)C. The fourth-order valence-corrected chi connectivity index (χ4v) is 3.73. The second-order valence-corrected chi connectivity index (χ2v) is 8.77. The Hall–Kier alpha value is -1.96. The van der Waals surface area contributed by atoms with Crippen molar-refractivity contribution in [2.75, 3.05) is 17.3 Å². The van der Waals surface area contributed by atoms with E-state index >= 15 is 0 Å². The Morgan fingerprint density at radius 2 is 0.778 bits per heavy atom. The van der Waals surface area contributed by atoms with E-state index in [0.29, 0.717) is 23.7 Å². The maximum atomic E-state index is 3.71. The lowest BCUT2D eigenvalue weighted by atomic mass is 9.92. The van der Waals surface area contributed by atoms with Crippen molar-refractivity contribution in [1.82, 2.24) is 0 Å². The van der Waals surface area contributed by atoms with Crippen LogP contribution < -0.4 is 10.6 Å². The van der Waals surface area contributed by atoms with Crippen molar-refractivity contribution in [2.45, 2.75) is 79.1 Å². The van der Waals surface area contributed by atoms with Crippen molar-refractivity contribution < 1.29 is 0 Å². The predicted octanol–water partition coefficient (Wildman–Crippen LogP) is 7.66. The fraction of sp³-hybridized carbons (Fsp3) is 0.520. The minimum absolute atomic E-state index is 0.500. The number of anilines is 2. The number of hydrogen-bond acceptors (Lipinski definition) is 2. The van der Waals surface area contributed by atoms with Crippen LogP contribution in [0.1, 0.15) is 101 Å². The van der Waals surface area contributed by atoms with E-state index in [1.54, 1.807) is 0 Å². The van der Waals surface area contributed by atoms with E-state index in [0.717, 1.165) is 6.67 Å². The van der Waals surface area contributed by atoms with Gasteiger partial charge < -0.3 is 10.6 Å². The molecule has 0 unspecified atom stereocenters. The van der Waals surface area contributed by atoms with Crippen molar-refractivity contribution in [3.05, 3.63) is 58.7 Å². The smallest absolute Gasteiger partial charge is 0.0849 e. The van der Waals surface area contributed by atoms with E-state index < -0.39 is 0 Å². The molecule has 2 heteroatoms. The van der Waals surface area contributed by atoms with Gasteiger partial charge in [-0.1, -0.05) is 91.8 Å². The molecule has 2 nitrogen and oxygen atoms in total. The average molecular weight is 367 g/mol. The van der Waals surface area contributed by atoms with E-state index in [-0.39, 0.29) is 0 Å². The number of benzene rings is 2. The second-order valence-electron chi connectivity index (χ2n) is 8.77. The van der Waals surface area contributed by atoms with Gasteiger partial charge in [-0.2, -0.15) is 0 Å². The largest absolute Gasteiger partial charge is 0.367 e. The summed E-state index contributed by atoms with van der Waals surface area (Å²) >= 11 is 0. The van der Waals surface area contributed by atoms with E-state index in [1.165, 1.54) is 33.6 Å². The summed E-state index contributed by atoms with van der Waals surface area (Å²) in [5.41, 5.74) is 8.16. The average Bonchev–Trinajstić information content (AvgIpc) is 2.61. The van der Waals surface area contributed by atoms with Crippen LogP contribution in [0.2, 0.25) is 0 Å². The number of nitrogens with one attached hydrogen (secondary N) is 2. The summed E-state index contributed by atoms with van der Waals surface area (Å²) in [6.07, 6.45) is 0. The summed E-state index contributed by atoms with van der Waals surface area (Å²) in [7, 11) is 0. The lowest BCUT2D eigenvalue weighted by Crippen LogP contribution is -2.17. The van der Waals surface area contributed by atoms with Crippen molar-refractivity contribution in [2.24, 2.45) is 0 Å². The summed E-state index contributed by atoms with van der Waals surface area (Å²) < 4.78 is 0. The van der Waals surface area contributed by atoms with Gasteiger partial charge in [0.1, 0.15) is 0 Å². The normalized spacial score (nSPS) is 11.7. The van der Waals surface area contributed by atoms with Gasteiger partial charge in [0.15, 0.2) is 0 Å². The van der Waals surface area contributed by atoms with E-state index in [9.17, 15) is 0 Å². The lowest BCUT2D eigenvalue weighted by Gasteiger charge is -2.24. The van der Waals surface area contributed by atoms with E-state index in [2.05, 4.69) is 102 Å². The Labute approximate surface area is 166 Å².